The molecule has 1 heterocycles. The van der Waals surface area contributed by atoms with Crippen LogP contribution in [0.1, 0.15) is 18.1 Å². The minimum absolute atomic E-state index is 0.144. The van der Waals surface area contributed by atoms with Crippen molar-refractivity contribution >= 4 is 52.2 Å². The van der Waals surface area contributed by atoms with Gasteiger partial charge in [-0.25, -0.2) is 0 Å². The summed E-state index contributed by atoms with van der Waals surface area (Å²) in [5, 5.41) is 2.95. The Balaban J connectivity index is 1.37. The van der Waals surface area contributed by atoms with E-state index in [1.54, 1.807) is 48.5 Å². The zero-order valence-corrected chi connectivity index (χ0v) is 23.0. The lowest BCUT2D eigenvalue weighted by molar-refractivity contribution is -0.123. The highest BCUT2D eigenvalue weighted by atomic mass is 35.5. The van der Waals surface area contributed by atoms with Gasteiger partial charge in [0.25, 0.3) is 17.1 Å². The van der Waals surface area contributed by atoms with E-state index in [9.17, 15) is 14.4 Å². The summed E-state index contributed by atoms with van der Waals surface area (Å²) in [6.07, 6.45) is 1.63. The van der Waals surface area contributed by atoms with E-state index in [4.69, 9.17) is 25.8 Å². The molecule has 8 nitrogen and oxygen atoms in total. The molecular weight excluding hydrogens is 540 g/mol. The van der Waals surface area contributed by atoms with Crippen LogP contribution in [0.4, 0.5) is 10.5 Å². The fourth-order valence-electron chi connectivity index (χ4n) is 3.68. The van der Waals surface area contributed by atoms with Gasteiger partial charge in [-0.15, -0.1) is 0 Å². The van der Waals surface area contributed by atoms with Crippen LogP contribution in [-0.4, -0.2) is 48.3 Å². The molecule has 1 aliphatic heterocycles. The molecule has 1 saturated heterocycles. The van der Waals surface area contributed by atoms with Crippen LogP contribution in [0.2, 0.25) is 5.02 Å². The van der Waals surface area contributed by atoms with Crippen molar-refractivity contribution < 1.29 is 28.6 Å². The third-order valence-corrected chi connectivity index (χ3v) is 6.66. The zero-order valence-electron chi connectivity index (χ0n) is 21.4. The van der Waals surface area contributed by atoms with Crippen molar-refractivity contribution in [3.63, 3.8) is 0 Å². The highest BCUT2D eigenvalue weighted by Gasteiger charge is 2.34. The number of carbonyl (C=O) groups is 3. The molecule has 0 aromatic heterocycles. The lowest BCUT2D eigenvalue weighted by Gasteiger charge is -2.14. The molecule has 3 aromatic carbocycles. The number of halogens is 1. The molecule has 1 N–H and O–H groups in total. The summed E-state index contributed by atoms with van der Waals surface area (Å²) in [4.78, 5) is 39.2. The smallest absolute Gasteiger partial charge is 0.293 e. The Hall–Kier alpha value is -3.95. The van der Waals surface area contributed by atoms with E-state index in [2.05, 4.69) is 5.32 Å². The summed E-state index contributed by atoms with van der Waals surface area (Å²) in [5.41, 5.74) is 2.31. The normalized spacial score (nSPS) is 14.0. The molecule has 0 saturated carbocycles. The molecule has 0 bridgehead atoms. The van der Waals surface area contributed by atoms with Gasteiger partial charge in [0.05, 0.1) is 18.1 Å². The summed E-state index contributed by atoms with van der Waals surface area (Å²) in [5.74, 6) is 0.752. The number of nitrogens with zero attached hydrogens (tertiary/aromatic N) is 1. The molecule has 4 rings (SSSR count). The molecule has 0 radical (unpaired) electrons. The van der Waals surface area contributed by atoms with Gasteiger partial charge in [0.15, 0.2) is 18.1 Å². The quantitative estimate of drug-likeness (QED) is 0.277. The van der Waals surface area contributed by atoms with Crippen LogP contribution in [0.3, 0.4) is 0 Å². The van der Waals surface area contributed by atoms with E-state index < -0.39 is 0 Å². The minimum Gasteiger partial charge on any atom is -0.492 e. The topological polar surface area (TPSA) is 94.2 Å². The second-order valence-electron chi connectivity index (χ2n) is 8.48. The molecule has 202 valence electrons. The third kappa shape index (κ3) is 7.78. The van der Waals surface area contributed by atoms with Crippen LogP contribution >= 0.6 is 23.4 Å². The predicted octanol–water partition coefficient (Wildman–Crippen LogP) is 6.18. The van der Waals surface area contributed by atoms with E-state index in [0.717, 1.165) is 17.3 Å². The number of rotatable bonds is 11. The van der Waals surface area contributed by atoms with Crippen LogP contribution in [0, 0.1) is 6.92 Å². The minimum atomic E-state index is -0.380. The van der Waals surface area contributed by atoms with Crippen molar-refractivity contribution in [2.24, 2.45) is 0 Å². The zero-order chi connectivity index (χ0) is 27.8. The fourth-order valence-corrected chi connectivity index (χ4v) is 4.67. The number of ether oxygens (including phenoxy) is 3. The highest BCUT2D eigenvalue weighted by Crippen LogP contribution is 2.34. The molecule has 0 atom stereocenters. The molecule has 0 aliphatic carbocycles. The summed E-state index contributed by atoms with van der Waals surface area (Å²) in [7, 11) is 0. The van der Waals surface area contributed by atoms with Gasteiger partial charge < -0.3 is 19.5 Å². The van der Waals surface area contributed by atoms with Crippen molar-refractivity contribution in [1.82, 2.24) is 4.90 Å². The van der Waals surface area contributed by atoms with Crippen LogP contribution < -0.4 is 19.5 Å². The molecule has 1 aliphatic rings. The number of benzene rings is 3. The van der Waals surface area contributed by atoms with E-state index in [1.165, 1.54) is 4.90 Å². The number of carbonyl (C=O) groups excluding carboxylic acids is 3. The van der Waals surface area contributed by atoms with Crippen molar-refractivity contribution in [2.75, 3.05) is 31.7 Å². The van der Waals surface area contributed by atoms with Gasteiger partial charge >= 0.3 is 0 Å². The van der Waals surface area contributed by atoms with Crippen molar-refractivity contribution in [1.29, 1.82) is 0 Å². The van der Waals surface area contributed by atoms with Gasteiger partial charge in [0, 0.05) is 10.7 Å². The van der Waals surface area contributed by atoms with Crippen molar-refractivity contribution in [3.8, 4) is 17.2 Å². The van der Waals surface area contributed by atoms with Gasteiger partial charge in [0.2, 0.25) is 0 Å². The van der Waals surface area contributed by atoms with E-state index in [-0.39, 0.29) is 36.8 Å². The largest absolute Gasteiger partial charge is 0.492 e. The van der Waals surface area contributed by atoms with Crippen molar-refractivity contribution in [2.45, 2.75) is 13.8 Å². The van der Waals surface area contributed by atoms with Gasteiger partial charge in [-0.3, -0.25) is 19.3 Å². The molecule has 3 amide bonds. The Morgan fingerprint density at radius 3 is 2.54 bits per heavy atom. The molecule has 1 fully saturated rings. The highest BCUT2D eigenvalue weighted by molar-refractivity contribution is 8.18. The monoisotopic (exact) mass is 566 g/mol. The number of anilines is 1. The molecule has 0 unspecified atom stereocenters. The third-order valence-electron chi connectivity index (χ3n) is 5.50. The summed E-state index contributed by atoms with van der Waals surface area (Å²) in [6, 6.07) is 19.4. The average molecular weight is 567 g/mol. The molecule has 10 heteroatoms. The number of hydrogen-bond acceptors (Lipinski definition) is 7. The van der Waals surface area contributed by atoms with Crippen LogP contribution in [0.5, 0.6) is 17.2 Å². The summed E-state index contributed by atoms with van der Waals surface area (Å²) < 4.78 is 17.1. The number of thioether (sulfide) groups is 1. The molecule has 3 aromatic rings. The summed E-state index contributed by atoms with van der Waals surface area (Å²) in [6.45, 7) is 4.27. The average Bonchev–Trinajstić information content (AvgIpc) is 3.17. The maximum absolute atomic E-state index is 12.9. The fraction of sp³-hybridized carbons (Fsp3) is 0.207. The Labute approximate surface area is 235 Å². The number of nitrogens with one attached hydrogen (secondary N) is 1. The Kier molecular flexibility index (Phi) is 9.51. The first-order chi connectivity index (χ1) is 18.8. The predicted molar refractivity (Wildman–Crippen MR) is 153 cm³/mol. The Morgan fingerprint density at radius 1 is 1.00 bits per heavy atom. The Bertz CT molecular complexity index is 1390. The molecule has 39 heavy (non-hydrogen) atoms. The number of amides is 3. The first kappa shape index (κ1) is 28.1. The lowest BCUT2D eigenvalue weighted by atomic mass is 10.2. The first-order valence-corrected chi connectivity index (χ1v) is 13.4. The number of hydrogen-bond donors (Lipinski definition) is 1. The lowest BCUT2D eigenvalue weighted by Crippen LogP contribution is -2.32. The van der Waals surface area contributed by atoms with E-state index >= 15 is 0 Å². The second-order valence-corrected chi connectivity index (χ2v) is 9.91. The number of imide groups is 1. The van der Waals surface area contributed by atoms with Gasteiger partial charge in [-0.1, -0.05) is 29.8 Å². The van der Waals surface area contributed by atoms with Gasteiger partial charge in [-0.2, -0.15) is 0 Å². The van der Waals surface area contributed by atoms with E-state index in [1.807, 2.05) is 38.1 Å². The number of aryl methyl sites for hydroxylation is 1. The maximum Gasteiger partial charge on any atom is 0.293 e. The SMILES string of the molecule is CCOc1cc(/C=C2\SC(=O)N(CCOc3cccc(C)c3)C2=O)ccc1OCC(=O)Nc1ccc(Cl)cc1. The van der Waals surface area contributed by atoms with E-state index in [0.29, 0.717) is 45.0 Å². The standard InChI is InChI=1S/C29H27ClN2O6S/c1-3-36-25-16-20(7-12-24(25)38-18-27(33)31-22-10-8-21(30)9-11-22)17-26-28(34)32(29(35)39-26)13-14-37-23-6-4-5-19(2)15-23/h4-12,15-17H,3,13-14,18H2,1-2H3,(H,31,33)/b26-17-. The molecule has 0 spiro atoms. The van der Waals surface area contributed by atoms with Gasteiger partial charge in [-0.05, 0) is 91.3 Å². The maximum atomic E-state index is 12.9. The summed E-state index contributed by atoms with van der Waals surface area (Å²) >= 11 is 6.75. The first-order valence-electron chi connectivity index (χ1n) is 12.2. The Morgan fingerprint density at radius 2 is 1.79 bits per heavy atom. The van der Waals surface area contributed by atoms with Crippen LogP contribution in [0.25, 0.3) is 6.08 Å². The second kappa shape index (κ2) is 13.2. The molecular formula is C29H27ClN2O6S. The van der Waals surface area contributed by atoms with Crippen LogP contribution in [-0.2, 0) is 9.59 Å². The van der Waals surface area contributed by atoms with Crippen LogP contribution in [0.15, 0.2) is 71.6 Å². The van der Waals surface area contributed by atoms with Crippen molar-refractivity contribution in [3.05, 3.63) is 87.8 Å². The van der Waals surface area contributed by atoms with Gasteiger partial charge in [0.1, 0.15) is 12.4 Å².